The fourth-order valence-electron chi connectivity index (χ4n) is 4.04. The molecule has 4 rings (SSSR count). The maximum absolute atomic E-state index is 12.4. The Morgan fingerprint density at radius 1 is 1.15 bits per heavy atom. The average molecular weight is 445 g/mol. The molecular formula is C25H28N6O2. The number of hydrogen-bond acceptors (Lipinski definition) is 5. The summed E-state index contributed by atoms with van der Waals surface area (Å²) in [6, 6.07) is 9.75. The molecule has 8 heteroatoms. The molecule has 0 saturated carbocycles. The first kappa shape index (κ1) is 22.4. The van der Waals surface area contributed by atoms with E-state index in [-0.39, 0.29) is 17.7 Å². The van der Waals surface area contributed by atoms with Gasteiger partial charge in [0.15, 0.2) is 0 Å². The van der Waals surface area contributed by atoms with Crippen LogP contribution in [0.1, 0.15) is 24.0 Å². The Balaban J connectivity index is 1.32. The second-order valence-corrected chi connectivity index (χ2v) is 8.34. The van der Waals surface area contributed by atoms with Crippen molar-refractivity contribution in [3.05, 3.63) is 72.3 Å². The number of nitrogens with one attached hydrogen (secondary N) is 1. The van der Waals surface area contributed by atoms with Gasteiger partial charge in [0, 0.05) is 61.0 Å². The molecule has 2 amide bonds. The lowest BCUT2D eigenvalue weighted by molar-refractivity contribution is -0.123. The lowest BCUT2D eigenvalue weighted by atomic mass is 9.96. The molecule has 1 aliphatic heterocycles. The van der Waals surface area contributed by atoms with Crippen molar-refractivity contribution < 1.29 is 9.59 Å². The van der Waals surface area contributed by atoms with E-state index >= 15 is 0 Å². The molecule has 3 N–H and O–H groups in total. The van der Waals surface area contributed by atoms with Gasteiger partial charge < -0.3 is 11.1 Å². The van der Waals surface area contributed by atoms with E-state index in [0.29, 0.717) is 0 Å². The second-order valence-electron chi connectivity index (χ2n) is 8.34. The van der Waals surface area contributed by atoms with E-state index in [4.69, 9.17) is 5.73 Å². The highest BCUT2D eigenvalue weighted by Gasteiger charge is 2.22. The molecule has 1 aromatic carbocycles. The van der Waals surface area contributed by atoms with Gasteiger partial charge in [0.1, 0.15) is 0 Å². The van der Waals surface area contributed by atoms with Crippen LogP contribution in [0.3, 0.4) is 0 Å². The van der Waals surface area contributed by atoms with Gasteiger partial charge in [-0.2, -0.15) is 5.10 Å². The van der Waals surface area contributed by atoms with Crippen LogP contribution in [0.4, 0.5) is 5.69 Å². The van der Waals surface area contributed by atoms with Gasteiger partial charge >= 0.3 is 0 Å². The summed E-state index contributed by atoms with van der Waals surface area (Å²) in [5.74, 6) is -0.406. The molecule has 0 bridgehead atoms. The highest BCUT2D eigenvalue weighted by atomic mass is 16.1. The number of primary amides is 1. The van der Waals surface area contributed by atoms with Crippen molar-refractivity contribution in [3.8, 4) is 11.1 Å². The number of amides is 2. The quantitative estimate of drug-likeness (QED) is 0.545. The van der Waals surface area contributed by atoms with Crippen LogP contribution in [-0.2, 0) is 23.2 Å². The predicted molar refractivity (Wildman–Crippen MR) is 128 cm³/mol. The van der Waals surface area contributed by atoms with Crippen molar-refractivity contribution >= 4 is 23.6 Å². The van der Waals surface area contributed by atoms with E-state index in [9.17, 15) is 9.59 Å². The number of pyridine rings is 1. The van der Waals surface area contributed by atoms with Gasteiger partial charge in [0.2, 0.25) is 11.8 Å². The Kier molecular flexibility index (Phi) is 6.95. The monoisotopic (exact) mass is 444 g/mol. The molecule has 3 heterocycles. The minimum Gasteiger partial charge on any atom is -0.369 e. The summed E-state index contributed by atoms with van der Waals surface area (Å²) < 4.78 is 1.74. The van der Waals surface area contributed by atoms with Crippen LogP contribution in [-0.4, -0.2) is 44.6 Å². The molecule has 0 unspecified atom stereocenters. The number of aromatic nitrogens is 3. The summed E-state index contributed by atoms with van der Waals surface area (Å²) in [4.78, 5) is 30.3. The third-order valence-electron chi connectivity index (χ3n) is 5.90. The number of piperidine rings is 1. The number of carbonyl (C=O) groups is 2. The Hall–Kier alpha value is -3.78. The Morgan fingerprint density at radius 2 is 1.91 bits per heavy atom. The molecule has 2 aromatic heterocycles. The minimum atomic E-state index is -0.211. The normalized spacial score (nSPS) is 15.1. The maximum atomic E-state index is 12.4. The molecule has 0 aliphatic carbocycles. The maximum Gasteiger partial charge on any atom is 0.248 e. The number of benzene rings is 1. The lowest BCUT2D eigenvalue weighted by Gasteiger charge is -2.30. The first-order valence-corrected chi connectivity index (χ1v) is 11.0. The molecule has 33 heavy (non-hydrogen) atoms. The van der Waals surface area contributed by atoms with E-state index in [1.54, 1.807) is 29.3 Å². The number of likely N-dealkylation sites (tertiary alicyclic amines) is 1. The summed E-state index contributed by atoms with van der Waals surface area (Å²) >= 11 is 0. The fraction of sp³-hybridized carbons (Fsp3) is 0.280. The molecule has 8 nitrogen and oxygen atoms in total. The Labute approximate surface area is 193 Å². The van der Waals surface area contributed by atoms with E-state index < -0.39 is 0 Å². The third kappa shape index (κ3) is 5.93. The van der Waals surface area contributed by atoms with Crippen LogP contribution in [0.2, 0.25) is 0 Å². The van der Waals surface area contributed by atoms with Gasteiger partial charge in [0.05, 0.1) is 6.20 Å². The predicted octanol–water partition coefficient (Wildman–Crippen LogP) is 2.83. The number of rotatable bonds is 7. The topological polar surface area (TPSA) is 106 Å². The summed E-state index contributed by atoms with van der Waals surface area (Å²) in [6.07, 6.45) is 12.1. The molecule has 3 aromatic rings. The first-order chi connectivity index (χ1) is 16.0. The molecule has 0 spiro atoms. The van der Waals surface area contributed by atoms with Gasteiger partial charge in [0.25, 0.3) is 0 Å². The van der Waals surface area contributed by atoms with Gasteiger partial charge in [-0.3, -0.25) is 24.2 Å². The summed E-state index contributed by atoms with van der Waals surface area (Å²) in [5.41, 5.74) is 10.1. The number of hydrogen-bond donors (Lipinski definition) is 2. The van der Waals surface area contributed by atoms with E-state index in [1.807, 2.05) is 43.6 Å². The highest BCUT2D eigenvalue weighted by Crippen LogP contribution is 2.23. The van der Waals surface area contributed by atoms with E-state index in [0.717, 1.165) is 60.4 Å². The third-order valence-corrected chi connectivity index (χ3v) is 5.90. The molecule has 0 atom stereocenters. The van der Waals surface area contributed by atoms with Crippen molar-refractivity contribution in [2.45, 2.75) is 19.4 Å². The fourth-order valence-corrected chi connectivity index (χ4v) is 4.04. The molecule has 1 saturated heterocycles. The second kappa shape index (κ2) is 10.2. The van der Waals surface area contributed by atoms with Crippen LogP contribution >= 0.6 is 0 Å². The number of nitrogens with zero attached hydrogens (tertiary/aromatic N) is 4. The van der Waals surface area contributed by atoms with Gasteiger partial charge in [-0.1, -0.05) is 12.1 Å². The highest BCUT2D eigenvalue weighted by molar-refractivity contribution is 6.02. The Morgan fingerprint density at radius 3 is 2.58 bits per heavy atom. The summed E-state index contributed by atoms with van der Waals surface area (Å²) in [6.45, 7) is 2.55. The molecule has 170 valence electrons. The van der Waals surface area contributed by atoms with Crippen LogP contribution < -0.4 is 11.1 Å². The van der Waals surface area contributed by atoms with E-state index in [1.165, 1.54) is 6.08 Å². The zero-order valence-electron chi connectivity index (χ0n) is 18.6. The zero-order chi connectivity index (χ0) is 23.2. The number of aryl methyl sites for hydroxylation is 1. The minimum absolute atomic E-state index is 0.000927. The number of anilines is 1. The van der Waals surface area contributed by atoms with Crippen LogP contribution in [0.5, 0.6) is 0 Å². The van der Waals surface area contributed by atoms with Gasteiger partial charge in [-0.05, 0) is 61.3 Å². The largest absolute Gasteiger partial charge is 0.369 e. The Bertz CT molecular complexity index is 1140. The SMILES string of the molecule is Cn1cc(-c2ccncc2/C=C/C(=O)Nc2ccc(CN3CCC(C(N)=O)CC3)cc2)cn1. The van der Waals surface area contributed by atoms with Gasteiger partial charge in [-0.25, -0.2) is 0 Å². The molecule has 0 radical (unpaired) electrons. The lowest BCUT2D eigenvalue weighted by Crippen LogP contribution is -2.38. The van der Waals surface area contributed by atoms with Crippen molar-refractivity contribution in [2.75, 3.05) is 18.4 Å². The van der Waals surface area contributed by atoms with Crippen molar-refractivity contribution in [1.29, 1.82) is 0 Å². The molecular weight excluding hydrogens is 416 g/mol. The molecule has 1 fully saturated rings. The van der Waals surface area contributed by atoms with Crippen molar-refractivity contribution in [3.63, 3.8) is 0 Å². The summed E-state index contributed by atoms with van der Waals surface area (Å²) in [5, 5.41) is 7.11. The van der Waals surface area contributed by atoms with Gasteiger partial charge in [-0.15, -0.1) is 0 Å². The summed E-state index contributed by atoms with van der Waals surface area (Å²) in [7, 11) is 1.87. The van der Waals surface area contributed by atoms with Crippen molar-refractivity contribution in [2.24, 2.45) is 18.7 Å². The molecule has 1 aliphatic rings. The van der Waals surface area contributed by atoms with Crippen LogP contribution in [0.15, 0.2) is 61.2 Å². The van der Waals surface area contributed by atoms with Crippen LogP contribution in [0.25, 0.3) is 17.2 Å². The van der Waals surface area contributed by atoms with Crippen molar-refractivity contribution in [1.82, 2.24) is 19.7 Å². The van der Waals surface area contributed by atoms with E-state index in [2.05, 4.69) is 20.3 Å². The van der Waals surface area contributed by atoms with Crippen LogP contribution in [0, 0.1) is 5.92 Å². The number of nitrogens with two attached hydrogens (primary N) is 1. The zero-order valence-corrected chi connectivity index (χ0v) is 18.6. The average Bonchev–Trinajstić information content (AvgIpc) is 3.25. The first-order valence-electron chi connectivity index (χ1n) is 11.0. The number of carbonyl (C=O) groups excluding carboxylic acids is 2. The standard InChI is InChI=1S/C25H28N6O2/c1-30-17-21(15-28-30)23-8-11-27-14-20(23)4-7-24(32)29-22-5-2-18(3-6-22)16-31-12-9-19(10-13-31)25(26)33/h2-8,11,14-15,17,19H,9-10,12-13,16H2,1H3,(H2,26,33)(H,29,32)/b7-4+. The smallest absolute Gasteiger partial charge is 0.248 e.